The fourth-order valence-electron chi connectivity index (χ4n) is 4.66. The van der Waals surface area contributed by atoms with Crippen LogP contribution in [0.4, 0.5) is 4.79 Å². The predicted octanol–water partition coefficient (Wildman–Crippen LogP) is 2.81. The first-order chi connectivity index (χ1) is 16.3. The molecule has 2 aromatic carbocycles. The van der Waals surface area contributed by atoms with Crippen molar-refractivity contribution in [2.45, 2.75) is 43.9 Å². The Morgan fingerprint density at radius 3 is 2.26 bits per heavy atom. The Hall–Kier alpha value is -3.65. The van der Waals surface area contributed by atoms with E-state index in [0.717, 1.165) is 22.3 Å². The molecule has 2 aromatic rings. The highest BCUT2D eigenvalue weighted by Gasteiger charge is 2.32. The molecule has 8 heteroatoms. The largest absolute Gasteiger partial charge is 0.480 e. The van der Waals surface area contributed by atoms with Gasteiger partial charge < -0.3 is 25.6 Å². The third-order valence-electron chi connectivity index (χ3n) is 6.39. The van der Waals surface area contributed by atoms with E-state index in [-0.39, 0.29) is 12.5 Å². The molecule has 4 N–H and O–H groups in total. The molecule has 0 bridgehead atoms. The molecular formula is C26H28N2O6. The molecular weight excluding hydrogens is 436 g/mol. The number of rotatable bonds is 7. The van der Waals surface area contributed by atoms with E-state index < -0.39 is 42.1 Å². The number of benzene rings is 2. The van der Waals surface area contributed by atoms with Gasteiger partial charge in [0, 0.05) is 11.8 Å². The lowest BCUT2D eigenvalue weighted by Gasteiger charge is -2.26. The summed E-state index contributed by atoms with van der Waals surface area (Å²) < 4.78 is 5.57. The van der Waals surface area contributed by atoms with Crippen LogP contribution >= 0.6 is 0 Å². The Balaban J connectivity index is 1.33. The van der Waals surface area contributed by atoms with Crippen LogP contribution in [0.15, 0.2) is 60.7 Å². The van der Waals surface area contributed by atoms with E-state index in [2.05, 4.69) is 22.8 Å². The number of allylic oxidation sites excluding steroid dienone is 1. The summed E-state index contributed by atoms with van der Waals surface area (Å²) in [7, 11) is 0. The number of hydrogen-bond acceptors (Lipinski definition) is 5. The van der Waals surface area contributed by atoms with E-state index in [1.807, 2.05) is 36.4 Å². The average Bonchev–Trinajstić information content (AvgIpc) is 3.14. The van der Waals surface area contributed by atoms with Gasteiger partial charge in [-0.1, -0.05) is 60.7 Å². The van der Waals surface area contributed by atoms with Crippen molar-refractivity contribution in [3.8, 4) is 11.1 Å². The first-order valence-corrected chi connectivity index (χ1v) is 11.3. The number of carboxylic acid groups (broad SMARTS) is 1. The van der Waals surface area contributed by atoms with Crippen LogP contribution in [-0.2, 0) is 14.3 Å². The second-order valence-corrected chi connectivity index (χ2v) is 8.74. The number of nitrogens with one attached hydrogen (secondary N) is 2. The van der Waals surface area contributed by atoms with E-state index in [1.54, 1.807) is 12.2 Å². The standard InChI is InChI=1S/C26H28N2O6/c1-15(29)23(25(31)32)28-24(30)16-7-6-8-17(13-16)27-26(33)34-14-22-20-11-4-2-9-18(20)19-10-3-5-12-21(19)22/h2-6,8-12,15-17,22-23,29H,7,13-14H2,1H3,(H,27,33)(H,28,30)(H,31,32)/t15-,16-,17-,23+/m1/s1. The van der Waals surface area contributed by atoms with Gasteiger partial charge in [-0.15, -0.1) is 0 Å². The number of amides is 2. The molecule has 2 aliphatic carbocycles. The van der Waals surface area contributed by atoms with E-state index in [1.165, 1.54) is 6.92 Å². The molecule has 178 valence electrons. The van der Waals surface area contributed by atoms with Gasteiger partial charge in [-0.3, -0.25) is 4.79 Å². The third kappa shape index (κ3) is 4.97. The van der Waals surface area contributed by atoms with Gasteiger partial charge in [-0.05, 0) is 42.0 Å². The van der Waals surface area contributed by atoms with Crippen molar-refractivity contribution in [3.05, 3.63) is 71.8 Å². The van der Waals surface area contributed by atoms with Crippen molar-refractivity contribution >= 4 is 18.0 Å². The zero-order valence-corrected chi connectivity index (χ0v) is 18.8. The summed E-state index contributed by atoms with van der Waals surface area (Å²) in [6.07, 6.45) is 2.49. The lowest BCUT2D eigenvalue weighted by Crippen LogP contribution is -2.50. The number of carbonyl (C=O) groups excluding carboxylic acids is 2. The molecule has 0 radical (unpaired) electrons. The number of carbonyl (C=O) groups is 3. The number of aliphatic carboxylic acids is 1. The normalized spacial score (nSPS) is 20.5. The quantitative estimate of drug-likeness (QED) is 0.467. The van der Waals surface area contributed by atoms with Crippen LogP contribution in [0.3, 0.4) is 0 Å². The molecule has 4 rings (SSSR count). The smallest absolute Gasteiger partial charge is 0.407 e. The third-order valence-corrected chi connectivity index (χ3v) is 6.39. The van der Waals surface area contributed by atoms with Gasteiger partial charge >= 0.3 is 12.1 Å². The minimum atomic E-state index is -1.38. The maximum Gasteiger partial charge on any atom is 0.407 e. The van der Waals surface area contributed by atoms with Crippen molar-refractivity contribution < 1.29 is 29.3 Å². The van der Waals surface area contributed by atoms with E-state index in [0.29, 0.717) is 12.8 Å². The molecule has 0 saturated heterocycles. The molecule has 34 heavy (non-hydrogen) atoms. The zero-order valence-electron chi connectivity index (χ0n) is 18.8. The van der Waals surface area contributed by atoms with Crippen molar-refractivity contribution in [2.24, 2.45) is 5.92 Å². The first-order valence-electron chi connectivity index (χ1n) is 11.3. The van der Waals surface area contributed by atoms with Gasteiger partial charge in [0.1, 0.15) is 6.61 Å². The van der Waals surface area contributed by atoms with E-state index in [9.17, 15) is 24.6 Å². The number of alkyl carbamates (subject to hydrolysis) is 1. The number of fused-ring (bicyclic) bond motifs is 3. The van der Waals surface area contributed by atoms with Crippen LogP contribution in [0, 0.1) is 5.92 Å². The van der Waals surface area contributed by atoms with Gasteiger partial charge in [0.25, 0.3) is 0 Å². The fourth-order valence-corrected chi connectivity index (χ4v) is 4.66. The van der Waals surface area contributed by atoms with Crippen molar-refractivity contribution in [1.29, 1.82) is 0 Å². The molecule has 2 aliphatic rings. The molecule has 0 aromatic heterocycles. The highest BCUT2D eigenvalue weighted by molar-refractivity contribution is 5.85. The summed E-state index contributed by atoms with van der Waals surface area (Å²) in [5, 5.41) is 23.9. The zero-order chi connectivity index (χ0) is 24.2. The highest BCUT2D eigenvalue weighted by atomic mass is 16.5. The predicted molar refractivity (Wildman–Crippen MR) is 125 cm³/mol. The van der Waals surface area contributed by atoms with Crippen LogP contribution < -0.4 is 10.6 Å². The van der Waals surface area contributed by atoms with E-state index >= 15 is 0 Å². The molecule has 8 nitrogen and oxygen atoms in total. The highest BCUT2D eigenvalue weighted by Crippen LogP contribution is 2.44. The summed E-state index contributed by atoms with van der Waals surface area (Å²) in [5.41, 5.74) is 4.54. The maximum absolute atomic E-state index is 12.5. The van der Waals surface area contributed by atoms with Gasteiger partial charge in [-0.2, -0.15) is 0 Å². The minimum Gasteiger partial charge on any atom is -0.480 e. The van der Waals surface area contributed by atoms with Crippen molar-refractivity contribution in [3.63, 3.8) is 0 Å². The van der Waals surface area contributed by atoms with Crippen LogP contribution in [0.25, 0.3) is 11.1 Å². The lowest BCUT2D eigenvalue weighted by molar-refractivity contribution is -0.145. The lowest BCUT2D eigenvalue weighted by atomic mass is 9.90. The van der Waals surface area contributed by atoms with Crippen molar-refractivity contribution in [1.82, 2.24) is 10.6 Å². The average molecular weight is 465 g/mol. The summed E-state index contributed by atoms with van der Waals surface area (Å²) in [5.74, 6) is -2.35. The number of ether oxygens (including phenoxy) is 1. The molecule has 0 unspecified atom stereocenters. The second kappa shape index (κ2) is 10.1. The summed E-state index contributed by atoms with van der Waals surface area (Å²) >= 11 is 0. The molecule has 4 atom stereocenters. The Kier molecular flexibility index (Phi) is 6.98. The molecule has 0 fully saturated rings. The Morgan fingerprint density at radius 2 is 1.68 bits per heavy atom. The summed E-state index contributed by atoms with van der Waals surface area (Å²) in [4.78, 5) is 36.3. The first kappa shape index (κ1) is 23.5. The SMILES string of the molecule is C[C@@H](O)[C@H](NC(=O)[C@@H]1CC=C[C@@H](NC(=O)OCC2c3ccccc3-c3ccccc32)C1)C(=O)O. The van der Waals surface area contributed by atoms with Crippen LogP contribution in [0.5, 0.6) is 0 Å². The molecule has 2 amide bonds. The van der Waals surface area contributed by atoms with Gasteiger partial charge in [0.05, 0.1) is 12.1 Å². The van der Waals surface area contributed by atoms with Gasteiger partial charge in [0.15, 0.2) is 6.04 Å². The number of carboxylic acids is 1. The Labute approximate surface area is 197 Å². The minimum absolute atomic E-state index is 0.0491. The Morgan fingerprint density at radius 1 is 1.06 bits per heavy atom. The topological polar surface area (TPSA) is 125 Å². The Bertz CT molecular complexity index is 1070. The molecule has 0 spiro atoms. The van der Waals surface area contributed by atoms with E-state index in [4.69, 9.17) is 4.74 Å². The maximum atomic E-state index is 12.5. The van der Waals surface area contributed by atoms with Gasteiger partial charge in [0.2, 0.25) is 5.91 Å². The van der Waals surface area contributed by atoms with Crippen LogP contribution in [0.1, 0.15) is 36.8 Å². The monoisotopic (exact) mass is 464 g/mol. The molecule has 0 aliphatic heterocycles. The summed E-state index contributed by atoms with van der Waals surface area (Å²) in [6, 6.07) is 14.4. The number of aliphatic hydroxyl groups is 1. The number of hydrogen-bond donors (Lipinski definition) is 4. The number of aliphatic hydroxyl groups excluding tert-OH is 1. The van der Waals surface area contributed by atoms with Crippen LogP contribution in [0.2, 0.25) is 0 Å². The second-order valence-electron chi connectivity index (χ2n) is 8.74. The molecule has 0 heterocycles. The molecule has 0 saturated carbocycles. The van der Waals surface area contributed by atoms with Crippen molar-refractivity contribution in [2.75, 3.05) is 6.61 Å². The van der Waals surface area contributed by atoms with Gasteiger partial charge in [-0.25, -0.2) is 9.59 Å². The van der Waals surface area contributed by atoms with Crippen LogP contribution in [-0.4, -0.2) is 53.0 Å². The fraction of sp³-hybridized carbons (Fsp3) is 0.346. The summed E-state index contributed by atoms with van der Waals surface area (Å²) in [6.45, 7) is 1.50.